The molecule has 1 aliphatic carbocycles. The summed E-state index contributed by atoms with van der Waals surface area (Å²) in [5, 5.41) is 7.24. The van der Waals surface area contributed by atoms with Gasteiger partial charge in [0.1, 0.15) is 0 Å². The zero-order chi connectivity index (χ0) is 11.4. The second-order valence-corrected chi connectivity index (χ2v) is 4.49. The highest BCUT2D eigenvalue weighted by Crippen LogP contribution is 2.17. The Morgan fingerprint density at radius 1 is 1.56 bits per heavy atom. The SMILES string of the molecule is Cc1ccnn1CCC(=O)NC1CCCC1. The van der Waals surface area contributed by atoms with E-state index in [0.29, 0.717) is 19.0 Å². The van der Waals surface area contributed by atoms with Crippen LogP contribution < -0.4 is 5.32 Å². The molecule has 0 bridgehead atoms. The minimum Gasteiger partial charge on any atom is -0.353 e. The molecule has 0 spiro atoms. The van der Waals surface area contributed by atoms with Crippen LogP contribution in [0, 0.1) is 6.92 Å². The van der Waals surface area contributed by atoms with Crippen molar-refractivity contribution in [2.24, 2.45) is 0 Å². The number of nitrogens with one attached hydrogen (secondary N) is 1. The Balaban J connectivity index is 1.73. The van der Waals surface area contributed by atoms with Gasteiger partial charge >= 0.3 is 0 Å². The minimum atomic E-state index is 0.154. The first-order valence-corrected chi connectivity index (χ1v) is 6.03. The number of nitrogens with zero attached hydrogens (tertiary/aromatic N) is 2. The predicted molar refractivity (Wildman–Crippen MR) is 62.0 cm³/mol. The number of carbonyl (C=O) groups is 1. The fourth-order valence-corrected chi connectivity index (χ4v) is 2.21. The molecule has 1 heterocycles. The van der Waals surface area contributed by atoms with E-state index >= 15 is 0 Å². The maximum atomic E-state index is 11.7. The van der Waals surface area contributed by atoms with Crippen molar-refractivity contribution in [3.8, 4) is 0 Å². The summed E-state index contributed by atoms with van der Waals surface area (Å²) >= 11 is 0. The van der Waals surface area contributed by atoms with Crippen LogP contribution in [0.25, 0.3) is 0 Å². The molecule has 0 aliphatic heterocycles. The number of rotatable bonds is 4. The van der Waals surface area contributed by atoms with Crippen molar-refractivity contribution in [2.75, 3.05) is 0 Å². The van der Waals surface area contributed by atoms with E-state index < -0.39 is 0 Å². The van der Waals surface area contributed by atoms with Crippen molar-refractivity contribution in [3.63, 3.8) is 0 Å². The lowest BCUT2D eigenvalue weighted by atomic mass is 10.2. The van der Waals surface area contributed by atoms with Gasteiger partial charge in [0, 0.05) is 30.9 Å². The highest BCUT2D eigenvalue weighted by atomic mass is 16.1. The number of aryl methyl sites for hydroxylation is 2. The molecule has 1 N–H and O–H groups in total. The average Bonchev–Trinajstić information content (AvgIpc) is 2.87. The molecule has 2 rings (SSSR count). The summed E-state index contributed by atoms with van der Waals surface area (Å²) in [5.41, 5.74) is 1.11. The third-order valence-corrected chi connectivity index (χ3v) is 3.20. The maximum absolute atomic E-state index is 11.7. The Morgan fingerprint density at radius 3 is 2.94 bits per heavy atom. The van der Waals surface area contributed by atoms with Gasteiger partial charge in [-0.1, -0.05) is 12.8 Å². The molecular weight excluding hydrogens is 202 g/mol. The second-order valence-electron chi connectivity index (χ2n) is 4.49. The van der Waals surface area contributed by atoms with Crippen molar-refractivity contribution in [2.45, 2.75) is 51.6 Å². The van der Waals surface area contributed by atoms with Crippen LogP contribution in [0.5, 0.6) is 0 Å². The Labute approximate surface area is 96.0 Å². The molecule has 1 aromatic rings. The lowest BCUT2D eigenvalue weighted by Crippen LogP contribution is -2.33. The first kappa shape index (κ1) is 11.2. The van der Waals surface area contributed by atoms with Crippen LogP contribution in [-0.4, -0.2) is 21.7 Å². The van der Waals surface area contributed by atoms with Gasteiger partial charge in [0.05, 0.1) is 0 Å². The summed E-state index contributed by atoms with van der Waals surface area (Å²) in [6, 6.07) is 2.38. The third kappa shape index (κ3) is 2.84. The standard InChI is InChI=1S/C12H19N3O/c1-10-6-8-13-15(10)9-7-12(16)14-11-4-2-3-5-11/h6,8,11H,2-5,7,9H2,1H3,(H,14,16). The first-order chi connectivity index (χ1) is 7.75. The van der Waals surface area contributed by atoms with E-state index in [1.54, 1.807) is 6.20 Å². The van der Waals surface area contributed by atoms with E-state index in [-0.39, 0.29) is 5.91 Å². The normalized spacial score (nSPS) is 16.6. The van der Waals surface area contributed by atoms with Crippen LogP contribution in [0.15, 0.2) is 12.3 Å². The van der Waals surface area contributed by atoms with Gasteiger partial charge in [0.2, 0.25) is 5.91 Å². The molecule has 1 aromatic heterocycles. The monoisotopic (exact) mass is 221 g/mol. The largest absolute Gasteiger partial charge is 0.353 e. The molecule has 1 amide bonds. The summed E-state index contributed by atoms with van der Waals surface area (Å²) in [4.78, 5) is 11.7. The van der Waals surface area contributed by atoms with Gasteiger partial charge in [-0.25, -0.2) is 0 Å². The Bertz CT molecular complexity index is 353. The van der Waals surface area contributed by atoms with E-state index in [1.165, 1.54) is 12.8 Å². The van der Waals surface area contributed by atoms with E-state index in [9.17, 15) is 4.79 Å². The van der Waals surface area contributed by atoms with E-state index in [2.05, 4.69) is 10.4 Å². The van der Waals surface area contributed by atoms with Crippen LogP contribution in [0.3, 0.4) is 0 Å². The van der Waals surface area contributed by atoms with Gasteiger partial charge in [-0.3, -0.25) is 9.48 Å². The van der Waals surface area contributed by atoms with Gasteiger partial charge in [0.15, 0.2) is 0 Å². The van der Waals surface area contributed by atoms with E-state index in [1.807, 2.05) is 17.7 Å². The number of aromatic nitrogens is 2. The van der Waals surface area contributed by atoms with Crippen molar-refractivity contribution < 1.29 is 4.79 Å². The summed E-state index contributed by atoms with van der Waals surface area (Å²) in [6.07, 6.45) is 7.09. The fraction of sp³-hybridized carbons (Fsp3) is 0.667. The molecule has 0 radical (unpaired) electrons. The van der Waals surface area contributed by atoms with Crippen LogP contribution >= 0.6 is 0 Å². The van der Waals surface area contributed by atoms with Gasteiger partial charge in [0.25, 0.3) is 0 Å². The molecule has 0 unspecified atom stereocenters. The van der Waals surface area contributed by atoms with Crippen LogP contribution in [0.2, 0.25) is 0 Å². The number of hydrogen-bond donors (Lipinski definition) is 1. The van der Waals surface area contributed by atoms with Crippen molar-refractivity contribution in [1.29, 1.82) is 0 Å². The predicted octanol–water partition coefficient (Wildman–Crippen LogP) is 1.64. The van der Waals surface area contributed by atoms with E-state index in [4.69, 9.17) is 0 Å². The average molecular weight is 221 g/mol. The zero-order valence-electron chi connectivity index (χ0n) is 9.78. The van der Waals surface area contributed by atoms with E-state index in [0.717, 1.165) is 18.5 Å². The van der Waals surface area contributed by atoms with Crippen LogP contribution in [-0.2, 0) is 11.3 Å². The quantitative estimate of drug-likeness (QED) is 0.840. The third-order valence-electron chi connectivity index (χ3n) is 3.20. The molecule has 4 heteroatoms. The number of amides is 1. The van der Waals surface area contributed by atoms with Gasteiger partial charge in [-0.05, 0) is 25.8 Å². The molecule has 16 heavy (non-hydrogen) atoms. The van der Waals surface area contributed by atoms with Crippen LogP contribution in [0.1, 0.15) is 37.8 Å². The zero-order valence-corrected chi connectivity index (χ0v) is 9.78. The molecule has 0 aromatic carbocycles. The lowest BCUT2D eigenvalue weighted by molar-refractivity contribution is -0.122. The Kier molecular flexibility index (Phi) is 3.59. The Hall–Kier alpha value is -1.32. The molecule has 0 saturated heterocycles. The highest BCUT2D eigenvalue weighted by molar-refractivity contribution is 5.76. The molecular formula is C12H19N3O. The second kappa shape index (κ2) is 5.14. The molecule has 1 fully saturated rings. The fourth-order valence-electron chi connectivity index (χ4n) is 2.21. The molecule has 1 saturated carbocycles. The summed E-state index contributed by atoms with van der Waals surface area (Å²) in [5.74, 6) is 0.154. The first-order valence-electron chi connectivity index (χ1n) is 6.03. The number of carbonyl (C=O) groups excluding carboxylic acids is 1. The number of hydrogen-bond acceptors (Lipinski definition) is 2. The Morgan fingerprint density at radius 2 is 2.31 bits per heavy atom. The molecule has 4 nitrogen and oxygen atoms in total. The van der Waals surface area contributed by atoms with Crippen molar-refractivity contribution in [3.05, 3.63) is 18.0 Å². The van der Waals surface area contributed by atoms with Crippen molar-refractivity contribution >= 4 is 5.91 Å². The minimum absolute atomic E-state index is 0.154. The van der Waals surface area contributed by atoms with Gasteiger partial charge in [-0.2, -0.15) is 5.10 Å². The van der Waals surface area contributed by atoms with Gasteiger partial charge in [-0.15, -0.1) is 0 Å². The summed E-state index contributed by atoms with van der Waals surface area (Å²) in [7, 11) is 0. The topological polar surface area (TPSA) is 46.9 Å². The smallest absolute Gasteiger partial charge is 0.222 e. The van der Waals surface area contributed by atoms with Crippen molar-refractivity contribution in [1.82, 2.24) is 15.1 Å². The summed E-state index contributed by atoms with van der Waals surface area (Å²) < 4.78 is 1.87. The highest BCUT2D eigenvalue weighted by Gasteiger charge is 2.16. The molecule has 1 aliphatic rings. The lowest BCUT2D eigenvalue weighted by Gasteiger charge is -2.12. The van der Waals surface area contributed by atoms with Crippen LogP contribution in [0.4, 0.5) is 0 Å². The van der Waals surface area contributed by atoms with Gasteiger partial charge < -0.3 is 5.32 Å². The molecule has 88 valence electrons. The maximum Gasteiger partial charge on any atom is 0.222 e. The molecule has 0 atom stereocenters. The summed E-state index contributed by atoms with van der Waals surface area (Å²) in [6.45, 7) is 2.68.